The van der Waals surface area contributed by atoms with Gasteiger partial charge in [0, 0.05) is 43.5 Å². The van der Waals surface area contributed by atoms with Crippen molar-refractivity contribution in [3.63, 3.8) is 0 Å². The number of allylic oxidation sites excluding steroid dienone is 1. The van der Waals surface area contributed by atoms with Gasteiger partial charge in [-0.05, 0) is 12.8 Å². The van der Waals surface area contributed by atoms with E-state index in [0.717, 1.165) is 6.26 Å². The van der Waals surface area contributed by atoms with Gasteiger partial charge in [0.05, 0.1) is 0 Å². The van der Waals surface area contributed by atoms with E-state index in [2.05, 4.69) is 9.97 Å². The maximum absolute atomic E-state index is 11.6. The molecule has 2 heterocycles. The van der Waals surface area contributed by atoms with E-state index in [1.165, 1.54) is 12.4 Å². The van der Waals surface area contributed by atoms with Gasteiger partial charge < -0.3 is 4.84 Å². The molecule has 1 aromatic rings. The second-order valence-electron chi connectivity index (χ2n) is 5.41. The average molecular weight is 367 g/mol. The fourth-order valence-electron chi connectivity index (χ4n) is 1.99. The predicted octanol–water partition coefficient (Wildman–Crippen LogP) is 0.671. The first-order chi connectivity index (χ1) is 11.8. The number of hydroxylamine groups is 2. The summed E-state index contributed by atoms with van der Waals surface area (Å²) < 4.78 is 22.5. The maximum Gasteiger partial charge on any atom is 0.333 e. The van der Waals surface area contributed by atoms with Gasteiger partial charge in [0.15, 0.2) is 0 Å². The van der Waals surface area contributed by atoms with Crippen LogP contribution < -0.4 is 0 Å². The second kappa shape index (κ2) is 7.97. The van der Waals surface area contributed by atoms with Crippen molar-refractivity contribution < 1.29 is 27.6 Å². The van der Waals surface area contributed by atoms with E-state index in [4.69, 9.17) is 4.84 Å². The van der Waals surface area contributed by atoms with Crippen molar-refractivity contribution in [2.24, 2.45) is 0 Å². The minimum atomic E-state index is -3.43. The highest BCUT2D eigenvalue weighted by atomic mass is 32.2. The minimum Gasteiger partial charge on any atom is -0.330 e. The Morgan fingerprint density at radius 3 is 2.40 bits per heavy atom. The molecular formula is C15H17N3O6S. The van der Waals surface area contributed by atoms with Crippen molar-refractivity contribution in [3.8, 4) is 0 Å². The van der Waals surface area contributed by atoms with Crippen molar-refractivity contribution in [2.45, 2.75) is 37.3 Å². The summed E-state index contributed by atoms with van der Waals surface area (Å²) in [6.07, 6.45) is 8.48. The average Bonchev–Trinajstić information content (AvgIpc) is 2.86. The summed E-state index contributed by atoms with van der Waals surface area (Å²) in [6.45, 7) is 0. The smallest absolute Gasteiger partial charge is 0.330 e. The molecule has 0 unspecified atom stereocenters. The molecule has 0 aromatic carbocycles. The zero-order chi connectivity index (χ0) is 18.4. The van der Waals surface area contributed by atoms with E-state index in [-0.39, 0.29) is 24.4 Å². The largest absolute Gasteiger partial charge is 0.333 e. The first-order valence-electron chi connectivity index (χ1n) is 7.52. The second-order valence-corrected chi connectivity index (χ2v) is 7.32. The summed E-state index contributed by atoms with van der Waals surface area (Å²) >= 11 is 0. The van der Waals surface area contributed by atoms with Crippen LogP contribution in [0.4, 0.5) is 0 Å². The van der Waals surface area contributed by atoms with E-state index < -0.39 is 27.6 Å². The predicted molar refractivity (Wildman–Crippen MR) is 85.2 cm³/mol. The van der Waals surface area contributed by atoms with Crippen LogP contribution in [0.25, 0.3) is 6.08 Å². The Morgan fingerprint density at radius 1 is 1.24 bits per heavy atom. The molecule has 0 atom stereocenters. The van der Waals surface area contributed by atoms with Crippen LogP contribution in [0.5, 0.6) is 0 Å². The topological polar surface area (TPSA) is 124 Å². The molecule has 9 nitrogen and oxygen atoms in total. The van der Waals surface area contributed by atoms with Crippen LogP contribution >= 0.6 is 0 Å². The number of nitrogens with zero attached hydrogens (tertiary/aromatic N) is 3. The molecule has 0 spiro atoms. The van der Waals surface area contributed by atoms with Crippen LogP contribution in [-0.2, 0) is 29.1 Å². The first-order valence-corrected chi connectivity index (χ1v) is 9.42. The third kappa shape index (κ3) is 5.45. The Balaban J connectivity index is 1.73. The zero-order valence-electron chi connectivity index (χ0n) is 13.5. The molecule has 10 heteroatoms. The fraction of sp³-hybridized carbons (Fsp3) is 0.400. The van der Waals surface area contributed by atoms with E-state index in [0.29, 0.717) is 23.5 Å². The summed E-state index contributed by atoms with van der Waals surface area (Å²) in [5.41, 5.74) is 0.628. The summed E-state index contributed by atoms with van der Waals surface area (Å²) in [7, 11) is -3.43. The SMILES string of the molecule is CS(=O)(=O)c1ncc(C=CCCCC(=O)ON2C(=O)CCC2=O)cn1. The molecule has 0 aliphatic carbocycles. The number of unbranched alkanes of at least 4 members (excludes halogenated alkanes) is 1. The molecule has 1 fully saturated rings. The van der Waals surface area contributed by atoms with Crippen molar-refractivity contribution >= 4 is 33.7 Å². The molecule has 0 saturated carbocycles. The van der Waals surface area contributed by atoms with Gasteiger partial charge in [-0.3, -0.25) is 9.59 Å². The molecule has 1 saturated heterocycles. The van der Waals surface area contributed by atoms with E-state index in [1.807, 2.05) is 0 Å². The lowest BCUT2D eigenvalue weighted by Gasteiger charge is -2.11. The molecule has 1 aromatic heterocycles. The lowest BCUT2D eigenvalue weighted by atomic mass is 10.2. The molecule has 134 valence electrons. The van der Waals surface area contributed by atoms with Crippen molar-refractivity contribution in [1.82, 2.24) is 15.0 Å². The number of hydrogen-bond donors (Lipinski definition) is 0. The van der Waals surface area contributed by atoms with E-state index >= 15 is 0 Å². The van der Waals surface area contributed by atoms with E-state index in [9.17, 15) is 22.8 Å². The maximum atomic E-state index is 11.6. The molecular weight excluding hydrogens is 350 g/mol. The molecule has 25 heavy (non-hydrogen) atoms. The van der Waals surface area contributed by atoms with Crippen molar-refractivity contribution in [2.75, 3.05) is 6.26 Å². The molecule has 1 aliphatic heterocycles. The summed E-state index contributed by atoms with van der Waals surface area (Å²) in [5, 5.41) is 0.289. The van der Waals surface area contributed by atoms with Gasteiger partial charge in [0.2, 0.25) is 15.0 Å². The molecule has 0 N–H and O–H groups in total. The highest BCUT2D eigenvalue weighted by Gasteiger charge is 2.32. The summed E-state index contributed by atoms with van der Waals surface area (Å²) in [6, 6.07) is 0. The van der Waals surface area contributed by atoms with Gasteiger partial charge in [-0.1, -0.05) is 12.2 Å². The third-order valence-corrected chi connectivity index (χ3v) is 4.11. The van der Waals surface area contributed by atoms with Crippen molar-refractivity contribution in [3.05, 3.63) is 24.0 Å². The Labute approximate surface area is 144 Å². The highest BCUT2D eigenvalue weighted by molar-refractivity contribution is 7.90. The number of imide groups is 1. The number of carbonyl (C=O) groups excluding carboxylic acids is 3. The van der Waals surface area contributed by atoms with E-state index in [1.54, 1.807) is 12.2 Å². The van der Waals surface area contributed by atoms with Gasteiger partial charge in [-0.25, -0.2) is 23.2 Å². The normalized spacial score (nSPS) is 15.2. The Bertz CT molecular complexity index is 785. The summed E-state index contributed by atoms with van der Waals surface area (Å²) in [4.78, 5) is 46.4. The van der Waals surface area contributed by atoms with Gasteiger partial charge in [0.25, 0.3) is 11.8 Å². The molecule has 0 radical (unpaired) electrons. The summed E-state index contributed by atoms with van der Waals surface area (Å²) in [5.74, 6) is -1.65. The lowest BCUT2D eigenvalue weighted by Crippen LogP contribution is -2.31. The van der Waals surface area contributed by atoms with Crippen LogP contribution in [0.2, 0.25) is 0 Å². The van der Waals surface area contributed by atoms with Crippen molar-refractivity contribution in [1.29, 1.82) is 0 Å². The Morgan fingerprint density at radius 2 is 1.84 bits per heavy atom. The molecule has 2 amide bonds. The van der Waals surface area contributed by atoms with Crippen LogP contribution in [0.3, 0.4) is 0 Å². The minimum absolute atomic E-state index is 0.0604. The number of aromatic nitrogens is 2. The molecule has 1 aliphatic rings. The van der Waals surface area contributed by atoms with Crippen LogP contribution in [0.1, 0.15) is 37.7 Å². The quantitative estimate of drug-likeness (QED) is 0.391. The highest BCUT2D eigenvalue weighted by Crippen LogP contribution is 2.13. The third-order valence-electron chi connectivity index (χ3n) is 3.24. The Hall–Kier alpha value is -2.62. The number of carbonyl (C=O) groups is 3. The molecule has 0 bridgehead atoms. The lowest BCUT2D eigenvalue weighted by molar-refractivity contribution is -0.197. The van der Waals surface area contributed by atoms with Gasteiger partial charge >= 0.3 is 5.97 Å². The Kier molecular flexibility index (Phi) is 5.97. The fourth-order valence-corrected chi connectivity index (χ4v) is 2.48. The standard InChI is InChI=1S/C15H17N3O6S/c1-25(22,23)15-16-9-11(10-17-15)5-3-2-4-6-14(21)24-18-12(19)7-8-13(18)20/h3,5,9-10H,2,4,6-8H2,1H3. The molecule has 2 rings (SSSR count). The number of amides is 2. The number of rotatable bonds is 7. The monoisotopic (exact) mass is 367 g/mol. The van der Waals surface area contributed by atoms with Gasteiger partial charge in [-0.2, -0.15) is 0 Å². The van der Waals surface area contributed by atoms with Gasteiger partial charge in [0.1, 0.15) is 0 Å². The van der Waals surface area contributed by atoms with Crippen LogP contribution in [0, 0.1) is 0 Å². The van der Waals surface area contributed by atoms with Crippen LogP contribution in [-0.4, -0.2) is 47.5 Å². The van der Waals surface area contributed by atoms with Crippen LogP contribution in [0.15, 0.2) is 23.6 Å². The zero-order valence-corrected chi connectivity index (χ0v) is 14.4. The number of hydrogen-bond acceptors (Lipinski definition) is 8. The number of sulfone groups is 1. The van der Waals surface area contributed by atoms with Gasteiger partial charge in [-0.15, -0.1) is 5.06 Å². The first kappa shape index (κ1) is 18.7.